The fraction of sp³-hybridized carbons (Fsp3) is 0.300. The van der Waals surface area contributed by atoms with Gasteiger partial charge in [-0.2, -0.15) is 0 Å². The summed E-state index contributed by atoms with van der Waals surface area (Å²) >= 11 is 0. The minimum absolute atomic E-state index is 0.0374. The highest BCUT2D eigenvalue weighted by Crippen LogP contribution is 2.25. The largest absolute Gasteiger partial charge is 0.496 e. The second-order valence-electron chi connectivity index (χ2n) is 6.15. The Morgan fingerprint density at radius 3 is 2.40 bits per heavy atom. The molecule has 2 aromatic rings. The zero-order chi connectivity index (χ0) is 17.8. The summed E-state index contributed by atoms with van der Waals surface area (Å²) in [5.74, 6) is 0.218. The van der Waals surface area contributed by atoms with Crippen LogP contribution in [0.2, 0.25) is 0 Å². The van der Waals surface area contributed by atoms with Gasteiger partial charge in [0.2, 0.25) is 0 Å². The Labute approximate surface area is 147 Å². The van der Waals surface area contributed by atoms with E-state index >= 15 is 0 Å². The Morgan fingerprint density at radius 1 is 1.00 bits per heavy atom. The number of nitrogens with one attached hydrogen (secondary N) is 1. The third-order valence-corrected chi connectivity index (χ3v) is 4.46. The van der Waals surface area contributed by atoms with Gasteiger partial charge in [-0.25, -0.2) is 0 Å². The van der Waals surface area contributed by atoms with E-state index in [-0.39, 0.29) is 11.8 Å². The Bertz CT molecular complexity index is 795. The SMILES string of the molecule is COc1c(C)cccc1C(=O)Nc1ccccc1C(=O)N1CCCC1. The molecule has 0 radical (unpaired) electrons. The standard InChI is InChI=1S/C20H22N2O3/c1-14-8-7-10-16(18(14)25-2)19(23)21-17-11-4-3-9-15(17)20(24)22-12-5-6-13-22/h3-4,7-11H,5-6,12-13H2,1-2H3,(H,21,23). The molecule has 0 unspecified atom stereocenters. The Hall–Kier alpha value is -2.82. The number of carbonyl (C=O) groups excluding carboxylic acids is 2. The van der Waals surface area contributed by atoms with Gasteiger partial charge < -0.3 is 15.0 Å². The molecule has 0 bridgehead atoms. The summed E-state index contributed by atoms with van der Waals surface area (Å²) < 4.78 is 5.36. The van der Waals surface area contributed by atoms with Gasteiger partial charge in [-0.1, -0.05) is 24.3 Å². The smallest absolute Gasteiger partial charge is 0.259 e. The molecule has 0 aromatic heterocycles. The summed E-state index contributed by atoms with van der Waals surface area (Å²) in [5, 5.41) is 2.87. The molecule has 0 spiro atoms. The molecule has 2 aromatic carbocycles. The molecule has 1 N–H and O–H groups in total. The van der Waals surface area contributed by atoms with E-state index in [1.165, 1.54) is 0 Å². The highest BCUT2D eigenvalue weighted by Gasteiger charge is 2.23. The number of likely N-dealkylation sites (tertiary alicyclic amines) is 1. The molecule has 2 amide bonds. The van der Waals surface area contributed by atoms with E-state index in [0.29, 0.717) is 22.6 Å². The van der Waals surface area contributed by atoms with Gasteiger partial charge in [0.05, 0.1) is 23.9 Å². The summed E-state index contributed by atoms with van der Waals surface area (Å²) in [4.78, 5) is 27.3. The second kappa shape index (κ2) is 7.38. The van der Waals surface area contributed by atoms with E-state index in [2.05, 4.69) is 5.32 Å². The second-order valence-corrected chi connectivity index (χ2v) is 6.15. The molecule has 130 valence electrons. The zero-order valence-electron chi connectivity index (χ0n) is 14.5. The molecule has 0 aliphatic carbocycles. The number of rotatable bonds is 4. The molecule has 1 heterocycles. The molecular weight excluding hydrogens is 316 g/mol. The molecule has 3 rings (SSSR count). The van der Waals surface area contributed by atoms with Crippen molar-refractivity contribution < 1.29 is 14.3 Å². The Balaban J connectivity index is 1.87. The maximum atomic E-state index is 12.7. The van der Waals surface area contributed by atoms with E-state index < -0.39 is 0 Å². The van der Waals surface area contributed by atoms with Crippen LogP contribution >= 0.6 is 0 Å². The molecule has 1 fully saturated rings. The van der Waals surface area contributed by atoms with E-state index in [1.54, 1.807) is 25.3 Å². The monoisotopic (exact) mass is 338 g/mol. The number of hydrogen-bond acceptors (Lipinski definition) is 3. The van der Waals surface area contributed by atoms with E-state index in [4.69, 9.17) is 4.74 Å². The van der Waals surface area contributed by atoms with Gasteiger partial charge in [0.1, 0.15) is 5.75 Å². The summed E-state index contributed by atoms with van der Waals surface area (Å²) in [6, 6.07) is 12.5. The zero-order valence-corrected chi connectivity index (χ0v) is 14.5. The number of ether oxygens (including phenoxy) is 1. The molecule has 1 saturated heterocycles. The molecule has 0 atom stereocenters. The Morgan fingerprint density at radius 2 is 1.68 bits per heavy atom. The van der Waals surface area contributed by atoms with E-state index in [0.717, 1.165) is 31.5 Å². The fourth-order valence-electron chi connectivity index (χ4n) is 3.16. The van der Waals surface area contributed by atoms with Gasteiger partial charge in [-0.15, -0.1) is 0 Å². The van der Waals surface area contributed by atoms with Crippen LogP contribution in [-0.4, -0.2) is 36.9 Å². The van der Waals surface area contributed by atoms with Crippen LogP contribution in [0.15, 0.2) is 42.5 Å². The third-order valence-electron chi connectivity index (χ3n) is 4.46. The molecule has 5 heteroatoms. The van der Waals surface area contributed by atoms with Crippen molar-refractivity contribution in [1.29, 1.82) is 0 Å². The first-order valence-electron chi connectivity index (χ1n) is 8.45. The maximum absolute atomic E-state index is 12.7. The van der Waals surface area contributed by atoms with Crippen LogP contribution < -0.4 is 10.1 Å². The van der Waals surface area contributed by atoms with E-state index in [9.17, 15) is 9.59 Å². The van der Waals surface area contributed by atoms with Crippen molar-refractivity contribution in [3.05, 3.63) is 59.2 Å². The summed E-state index contributed by atoms with van der Waals surface area (Å²) in [6.07, 6.45) is 2.06. The lowest BCUT2D eigenvalue weighted by Crippen LogP contribution is -2.28. The Kier molecular flexibility index (Phi) is 5.03. The number of anilines is 1. The van der Waals surface area contributed by atoms with Gasteiger partial charge in [0, 0.05) is 13.1 Å². The number of aryl methyl sites for hydroxylation is 1. The van der Waals surface area contributed by atoms with E-state index in [1.807, 2.05) is 36.1 Å². The van der Waals surface area contributed by atoms with Crippen LogP contribution in [0.25, 0.3) is 0 Å². The average molecular weight is 338 g/mol. The molecule has 5 nitrogen and oxygen atoms in total. The van der Waals surface area contributed by atoms with Gasteiger partial charge in [-0.05, 0) is 43.5 Å². The minimum atomic E-state index is -0.290. The topological polar surface area (TPSA) is 58.6 Å². The van der Waals surface area contributed by atoms with Crippen LogP contribution in [0.1, 0.15) is 39.1 Å². The lowest BCUT2D eigenvalue weighted by Gasteiger charge is -2.18. The van der Waals surface area contributed by atoms with Crippen molar-refractivity contribution in [3.63, 3.8) is 0 Å². The molecular formula is C20H22N2O3. The van der Waals surface area contributed by atoms with Gasteiger partial charge in [0.25, 0.3) is 11.8 Å². The first-order chi connectivity index (χ1) is 12.1. The van der Waals surface area contributed by atoms with Crippen LogP contribution in [0.5, 0.6) is 5.75 Å². The highest BCUT2D eigenvalue weighted by molar-refractivity contribution is 6.10. The van der Waals surface area contributed by atoms with Crippen LogP contribution in [0, 0.1) is 6.92 Å². The fourth-order valence-corrected chi connectivity index (χ4v) is 3.16. The number of para-hydroxylation sites is 2. The minimum Gasteiger partial charge on any atom is -0.496 e. The third kappa shape index (κ3) is 3.50. The predicted octanol–water partition coefficient (Wildman–Crippen LogP) is 3.49. The number of nitrogens with zero attached hydrogens (tertiary/aromatic N) is 1. The number of carbonyl (C=O) groups is 2. The average Bonchev–Trinajstić information content (AvgIpc) is 3.16. The van der Waals surface area contributed by atoms with Crippen molar-refractivity contribution in [3.8, 4) is 5.75 Å². The predicted molar refractivity (Wildman–Crippen MR) is 97.3 cm³/mol. The van der Waals surface area contributed by atoms with Crippen molar-refractivity contribution in [2.24, 2.45) is 0 Å². The summed E-state index contributed by atoms with van der Waals surface area (Å²) in [7, 11) is 1.55. The molecule has 1 aliphatic rings. The summed E-state index contributed by atoms with van der Waals surface area (Å²) in [5.41, 5.74) is 2.37. The van der Waals surface area contributed by atoms with Crippen molar-refractivity contribution in [2.75, 3.05) is 25.5 Å². The molecule has 25 heavy (non-hydrogen) atoms. The number of benzene rings is 2. The van der Waals surface area contributed by atoms with Crippen LogP contribution in [0.4, 0.5) is 5.69 Å². The van der Waals surface area contributed by atoms with Crippen molar-refractivity contribution in [1.82, 2.24) is 4.90 Å². The van der Waals surface area contributed by atoms with Crippen molar-refractivity contribution in [2.45, 2.75) is 19.8 Å². The summed E-state index contributed by atoms with van der Waals surface area (Å²) in [6.45, 7) is 3.43. The molecule has 1 aliphatic heterocycles. The lowest BCUT2D eigenvalue weighted by atomic mass is 10.1. The van der Waals surface area contributed by atoms with Gasteiger partial charge in [-0.3, -0.25) is 9.59 Å². The number of methoxy groups -OCH3 is 1. The quantitative estimate of drug-likeness (QED) is 0.928. The first-order valence-corrected chi connectivity index (χ1v) is 8.45. The van der Waals surface area contributed by atoms with Crippen LogP contribution in [0.3, 0.4) is 0 Å². The van der Waals surface area contributed by atoms with Crippen LogP contribution in [-0.2, 0) is 0 Å². The normalized spacial score (nSPS) is 13.6. The van der Waals surface area contributed by atoms with Gasteiger partial charge >= 0.3 is 0 Å². The lowest BCUT2D eigenvalue weighted by molar-refractivity contribution is 0.0794. The number of hydrogen-bond donors (Lipinski definition) is 1. The number of amides is 2. The molecule has 0 saturated carbocycles. The van der Waals surface area contributed by atoms with Crippen molar-refractivity contribution >= 4 is 17.5 Å². The van der Waals surface area contributed by atoms with Gasteiger partial charge in [0.15, 0.2) is 0 Å². The maximum Gasteiger partial charge on any atom is 0.259 e. The first kappa shape index (κ1) is 17.0. The highest BCUT2D eigenvalue weighted by atomic mass is 16.5.